The number of aryl methyl sites for hydroxylation is 1. The Bertz CT molecular complexity index is 404. The van der Waals surface area contributed by atoms with Gasteiger partial charge in [0.2, 0.25) is 0 Å². The van der Waals surface area contributed by atoms with Gasteiger partial charge in [-0.3, -0.25) is 0 Å². The third-order valence-corrected chi connectivity index (χ3v) is 2.98. The molecular formula is C15H21ClO3. The Morgan fingerprint density at radius 3 is 2.74 bits per heavy atom. The van der Waals surface area contributed by atoms with Crippen molar-refractivity contribution in [3.05, 3.63) is 28.8 Å². The normalized spacial score (nSPS) is 10.3. The molecular weight excluding hydrogens is 264 g/mol. The Labute approximate surface area is 119 Å². The molecule has 1 rings (SSSR count). The maximum atomic E-state index is 11.5. The Kier molecular flexibility index (Phi) is 7.34. The van der Waals surface area contributed by atoms with E-state index in [-0.39, 0.29) is 12.6 Å². The summed E-state index contributed by atoms with van der Waals surface area (Å²) in [5.74, 6) is 0.332. The second-order valence-electron chi connectivity index (χ2n) is 4.48. The van der Waals surface area contributed by atoms with Crippen LogP contribution in [0.25, 0.3) is 0 Å². The molecule has 0 aromatic heterocycles. The van der Waals surface area contributed by atoms with Crippen molar-refractivity contribution < 1.29 is 14.3 Å². The summed E-state index contributed by atoms with van der Waals surface area (Å²) in [5.41, 5.74) is 0.906. The van der Waals surface area contributed by atoms with Gasteiger partial charge in [-0.1, -0.05) is 37.8 Å². The van der Waals surface area contributed by atoms with Gasteiger partial charge in [-0.15, -0.1) is 0 Å². The van der Waals surface area contributed by atoms with Gasteiger partial charge < -0.3 is 9.47 Å². The van der Waals surface area contributed by atoms with Gasteiger partial charge in [0.1, 0.15) is 5.75 Å². The minimum absolute atomic E-state index is 0.0593. The lowest BCUT2D eigenvalue weighted by atomic mass is 10.2. The minimum atomic E-state index is -0.328. The predicted octanol–water partition coefficient (Wildman–Crippen LogP) is 4.15. The molecule has 0 heterocycles. The summed E-state index contributed by atoms with van der Waals surface area (Å²) in [4.78, 5) is 11.5. The smallest absolute Gasteiger partial charge is 0.344 e. The van der Waals surface area contributed by atoms with E-state index in [0.717, 1.165) is 18.4 Å². The van der Waals surface area contributed by atoms with E-state index >= 15 is 0 Å². The lowest BCUT2D eigenvalue weighted by molar-refractivity contribution is -0.146. The molecule has 0 saturated heterocycles. The molecule has 0 aliphatic heterocycles. The standard InChI is InChI=1S/C15H21ClO3/c1-3-4-5-6-9-18-15(17)11-19-14-8-7-13(16)10-12(14)2/h7-8,10H,3-6,9,11H2,1-2H3. The molecule has 1 aromatic carbocycles. The first-order valence-electron chi connectivity index (χ1n) is 6.68. The van der Waals surface area contributed by atoms with Crippen molar-refractivity contribution in [1.29, 1.82) is 0 Å². The number of benzene rings is 1. The topological polar surface area (TPSA) is 35.5 Å². The fraction of sp³-hybridized carbons (Fsp3) is 0.533. The van der Waals surface area contributed by atoms with Gasteiger partial charge in [-0.25, -0.2) is 4.79 Å². The zero-order chi connectivity index (χ0) is 14.1. The van der Waals surface area contributed by atoms with E-state index in [9.17, 15) is 4.79 Å². The number of hydrogen-bond acceptors (Lipinski definition) is 3. The van der Waals surface area contributed by atoms with Crippen LogP contribution in [0, 0.1) is 6.92 Å². The molecule has 19 heavy (non-hydrogen) atoms. The molecule has 106 valence electrons. The van der Waals surface area contributed by atoms with E-state index in [2.05, 4.69) is 6.92 Å². The Balaban J connectivity index is 2.22. The number of hydrogen-bond donors (Lipinski definition) is 0. The van der Waals surface area contributed by atoms with Crippen LogP contribution in [0.2, 0.25) is 5.02 Å². The molecule has 0 unspecified atom stereocenters. The van der Waals surface area contributed by atoms with E-state index in [1.165, 1.54) is 12.8 Å². The van der Waals surface area contributed by atoms with Crippen molar-refractivity contribution in [2.75, 3.05) is 13.2 Å². The van der Waals surface area contributed by atoms with Crippen LogP contribution in [-0.2, 0) is 9.53 Å². The van der Waals surface area contributed by atoms with Crippen molar-refractivity contribution in [3.8, 4) is 5.75 Å². The zero-order valence-corrected chi connectivity index (χ0v) is 12.3. The monoisotopic (exact) mass is 284 g/mol. The van der Waals surface area contributed by atoms with Crippen molar-refractivity contribution in [1.82, 2.24) is 0 Å². The van der Waals surface area contributed by atoms with Crippen LogP contribution >= 0.6 is 11.6 Å². The van der Waals surface area contributed by atoms with Gasteiger partial charge in [0.25, 0.3) is 0 Å². The van der Waals surface area contributed by atoms with E-state index in [4.69, 9.17) is 21.1 Å². The third kappa shape index (κ3) is 6.48. The van der Waals surface area contributed by atoms with Gasteiger partial charge in [0, 0.05) is 5.02 Å². The highest BCUT2D eigenvalue weighted by Gasteiger charge is 2.06. The fourth-order valence-electron chi connectivity index (χ4n) is 1.67. The minimum Gasteiger partial charge on any atom is -0.482 e. The first-order valence-corrected chi connectivity index (χ1v) is 7.06. The molecule has 0 amide bonds. The molecule has 4 heteroatoms. The van der Waals surface area contributed by atoms with Crippen LogP contribution < -0.4 is 4.74 Å². The van der Waals surface area contributed by atoms with Crippen molar-refractivity contribution >= 4 is 17.6 Å². The zero-order valence-electron chi connectivity index (χ0n) is 11.6. The largest absolute Gasteiger partial charge is 0.482 e. The molecule has 0 bridgehead atoms. The quantitative estimate of drug-likeness (QED) is 0.531. The number of ether oxygens (including phenoxy) is 2. The maximum Gasteiger partial charge on any atom is 0.344 e. The van der Waals surface area contributed by atoms with Gasteiger partial charge in [0.15, 0.2) is 6.61 Å². The summed E-state index contributed by atoms with van der Waals surface area (Å²) in [6, 6.07) is 5.29. The Hall–Kier alpha value is -1.22. The molecule has 0 spiro atoms. The summed E-state index contributed by atoms with van der Waals surface area (Å²) in [6.07, 6.45) is 4.37. The first-order chi connectivity index (χ1) is 9.13. The molecule has 0 radical (unpaired) electrons. The molecule has 0 saturated carbocycles. The molecule has 3 nitrogen and oxygen atoms in total. The number of halogens is 1. The van der Waals surface area contributed by atoms with Crippen LogP contribution in [0.5, 0.6) is 5.75 Å². The number of rotatable bonds is 8. The molecule has 0 fully saturated rings. The predicted molar refractivity (Wildman–Crippen MR) is 76.8 cm³/mol. The number of carbonyl (C=O) groups excluding carboxylic acids is 1. The summed E-state index contributed by atoms with van der Waals surface area (Å²) in [5, 5.41) is 0.656. The average Bonchev–Trinajstić information content (AvgIpc) is 2.37. The Morgan fingerprint density at radius 2 is 2.05 bits per heavy atom. The number of esters is 1. The van der Waals surface area contributed by atoms with Gasteiger partial charge in [-0.2, -0.15) is 0 Å². The van der Waals surface area contributed by atoms with E-state index in [0.29, 0.717) is 17.4 Å². The van der Waals surface area contributed by atoms with Gasteiger partial charge >= 0.3 is 5.97 Å². The number of unbranched alkanes of at least 4 members (excludes halogenated alkanes) is 3. The second-order valence-corrected chi connectivity index (χ2v) is 4.92. The summed E-state index contributed by atoms with van der Waals surface area (Å²) >= 11 is 5.84. The maximum absolute atomic E-state index is 11.5. The molecule has 0 aliphatic carbocycles. The highest BCUT2D eigenvalue weighted by Crippen LogP contribution is 2.21. The lowest BCUT2D eigenvalue weighted by Gasteiger charge is -2.09. The van der Waals surface area contributed by atoms with E-state index < -0.39 is 0 Å². The van der Waals surface area contributed by atoms with Crippen LogP contribution in [-0.4, -0.2) is 19.2 Å². The van der Waals surface area contributed by atoms with Crippen molar-refractivity contribution in [2.24, 2.45) is 0 Å². The van der Waals surface area contributed by atoms with Crippen LogP contribution in [0.4, 0.5) is 0 Å². The average molecular weight is 285 g/mol. The van der Waals surface area contributed by atoms with Gasteiger partial charge in [-0.05, 0) is 37.1 Å². The SMILES string of the molecule is CCCCCCOC(=O)COc1ccc(Cl)cc1C. The highest BCUT2D eigenvalue weighted by molar-refractivity contribution is 6.30. The highest BCUT2D eigenvalue weighted by atomic mass is 35.5. The van der Waals surface area contributed by atoms with E-state index in [1.807, 2.05) is 6.92 Å². The second kappa shape index (κ2) is 8.81. The van der Waals surface area contributed by atoms with Gasteiger partial charge in [0.05, 0.1) is 6.61 Å². The van der Waals surface area contributed by atoms with Crippen LogP contribution in [0.15, 0.2) is 18.2 Å². The summed E-state index contributed by atoms with van der Waals surface area (Å²) in [6.45, 7) is 4.45. The fourth-order valence-corrected chi connectivity index (χ4v) is 1.89. The third-order valence-electron chi connectivity index (χ3n) is 2.74. The molecule has 0 N–H and O–H groups in total. The molecule has 0 atom stereocenters. The van der Waals surface area contributed by atoms with E-state index in [1.54, 1.807) is 18.2 Å². The molecule has 1 aromatic rings. The van der Waals surface area contributed by atoms with Crippen LogP contribution in [0.1, 0.15) is 38.2 Å². The Morgan fingerprint density at radius 1 is 1.26 bits per heavy atom. The van der Waals surface area contributed by atoms with Crippen molar-refractivity contribution in [2.45, 2.75) is 39.5 Å². The number of carbonyl (C=O) groups is 1. The first kappa shape index (κ1) is 15.8. The summed E-state index contributed by atoms with van der Waals surface area (Å²) < 4.78 is 10.5. The van der Waals surface area contributed by atoms with Crippen molar-refractivity contribution in [3.63, 3.8) is 0 Å². The lowest BCUT2D eigenvalue weighted by Crippen LogP contribution is -2.15. The van der Waals surface area contributed by atoms with Crippen LogP contribution in [0.3, 0.4) is 0 Å². The summed E-state index contributed by atoms with van der Waals surface area (Å²) in [7, 11) is 0. The molecule has 0 aliphatic rings.